The molecule has 0 saturated heterocycles. The highest BCUT2D eigenvalue weighted by Crippen LogP contribution is 2.25. The summed E-state index contributed by atoms with van der Waals surface area (Å²) in [5, 5.41) is 13.3. The van der Waals surface area contributed by atoms with Gasteiger partial charge in [-0.1, -0.05) is 23.2 Å². The number of nitrogens with zero attached hydrogens (tertiary/aromatic N) is 2. The summed E-state index contributed by atoms with van der Waals surface area (Å²) in [7, 11) is 0. The van der Waals surface area contributed by atoms with E-state index in [4.69, 9.17) is 23.2 Å². The predicted molar refractivity (Wildman–Crippen MR) is 70.6 cm³/mol. The van der Waals surface area contributed by atoms with Crippen molar-refractivity contribution in [2.45, 2.75) is 0 Å². The van der Waals surface area contributed by atoms with Gasteiger partial charge in [-0.3, -0.25) is 10.1 Å². The van der Waals surface area contributed by atoms with Gasteiger partial charge < -0.3 is 5.32 Å². The summed E-state index contributed by atoms with van der Waals surface area (Å²) in [6.45, 7) is 0. The maximum Gasteiger partial charge on any atom is 0.276 e. The molecule has 0 saturated carbocycles. The second kappa shape index (κ2) is 5.38. The summed E-state index contributed by atoms with van der Waals surface area (Å²) in [5.74, 6) is -0.468. The summed E-state index contributed by atoms with van der Waals surface area (Å²) < 4.78 is 13.2. The molecule has 0 unspecified atom stereocenters. The van der Waals surface area contributed by atoms with Gasteiger partial charge in [-0.15, -0.1) is 0 Å². The van der Waals surface area contributed by atoms with E-state index in [1.165, 1.54) is 18.2 Å². The van der Waals surface area contributed by atoms with E-state index in [0.717, 1.165) is 12.1 Å². The Morgan fingerprint density at radius 1 is 1.26 bits per heavy atom. The van der Waals surface area contributed by atoms with Crippen molar-refractivity contribution in [3.8, 4) is 0 Å². The Balaban J connectivity index is 2.32. The summed E-state index contributed by atoms with van der Waals surface area (Å²) in [6.07, 6.45) is 0. The molecular weight excluding hydrogens is 296 g/mol. The number of anilines is 2. The summed E-state index contributed by atoms with van der Waals surface area (Å²) in [6, 6.07) is 6.34. The molecule has 0 spiro atoms. The van der Waals surface area contributed by atoms with Crippen LogP contribution in [0.25, 0.3) is 0 Å². The Kier molecular flexibility index (Phi) is 3.82. The maximum absolute atomic E-state index is 13.2. The van der Waals surface area contributed by atoms with E-state index in [-0.39, 0.29) is 21.7 Å². The van der Waals surface area contributed by atoms with Gasteiger partial charge in [-0.2, -0.15) is 0 Å². The van der Waals surface area contributed by atoms with Crippen molar-refractivity contribution < 1.29 is 9.31 Å². The van der Waals surface area contributed by atoms with Crippen molar-refractivity contribution in [1.29, 1.82) is 0 Å². The van der Waals surface area contributed by atoms with E-state index in [9.17, 15) is 14.5 Å². The Labute approximate surface area is 117 Å². The van der Waals surface area contributed by atoms with Crippen LogP contribution in [0.15, 0.2) is 30.3 Å². The Bertz CT molecular complexity index is 652. The van der Waals surface area contributed by atoms with E-state index in [1.807, 2.05) is 0 Å². The third kappa shape index (κ3) is 3.30. The van der Waals surface area contributed by atoms with E-state index >= 15 is 0 Å². The van der Waals surface area contributed by atoms with Crippen LogP contribution in [-0.2, 0) is 0 Å². The minimum absolute atomic E-state index is 0.0180. The van der Waals surface area contributed by atoms with E-state index in [2.05, 4.69) is 10.3 Å². The van der Waals surface area contributed by atoms with Gasteiger partial charge in [0.2, 0.25) is 0 Å². The fraction of sp³-hybridized carbons (Fsp3) is 0. The van der Waals surface area contributed by atoms with Gasteiger partial charge in [0, 0.05) is 5.69 Å². The molecule has 0 amide bonds. The molecule has 0 radical (unpaired) electrons. The zero-order valence-corrected chi connectivity index (χ0v) is 10.7. The van der Waals surface area contributed by atoms with Gasteiger partial charge >= 0.3 is 0 Å². The lowest BCUT2D eigenvalue weighted by Crippen LogP contribution is -1.97. The fourth-order valence-electron chi connectivity index (χ4n) is 1.37. The first-order chi connectivity index (χ1) is 8.95. The molecule has 1 N–H and O–H groups in total. The van der Waals surface area contributed by atoms with Gasteiger partial charge in [0.1, 0.15) is 16.8 Å². The quantitative estimate of drug-likeness (QED) is 0.524. The highest BCUT2D eigenvalue weighted by molar-refractivity contribution is 6.30. The van der Waals surface area contributed by atoms with Crippen LogP contribution in [-0.4, -0.2) is 9.91 Å². The number of hydrogen-bond acceptors (Lipinski definition) is 4. The third-order valence-electron chi connectivity index (χ3n) is 2.18. The lowest BCUT2D eigenvalue weighted by Gasteiger charge is -2.06. The lowest BCUT2D eigenvalue weighted by atomic mass is 10.3. The zero-order chi connectivity index (χ0) is 14.0. The molecule has 0 fully saturated rings. The Hall–Kier alpha value is -1.92. The van der Waals surface area contributed by atoms with E-state index in [0.29, 0.717) is 5.69 Å². The number of nitrogens with one attached hydrogen (secondary N) is 1. The second-order valence-electron chi connectivity index (χ2n) is 3.54. The molecule has 2 rings (SSSR count). The highest BCUT2D eigenvalue weighted by Gasteiger charge is 2.11. The molecule has 1 aromatic heterocycles. The molecule has 2 aromatic rings. The minimum atomic E-state index is -0.608. The number of benzene rings is 1. The predicted octanol–water partition coefficient (Wildman–Crippen LogP) is 4.18. The number of pyridine rings is 1. The lowest BCUT2D eigenvalue weighted by molar-refractivity contribution is -0.384. The SMILES string of the molecule is O=[N+]([O-])c1cc(Cl)nc(Nc2ccc(Cl)c(F)c2)c1. The molecule has 0 atom stereocenters. The van der Waals surface area contributed by atoms with Gasteiger partial charge in [0.15, 0.2) is 0 Å². The molecule has 0 aliphatic rings. The normalized spacial score (nSPS) is 10.3. The van der Waals surface area contributed by atoms with Crippen LogP contribution >= 0.6 is 23.2 Å². The van der Waals surface area contributed by atoms with Crippen LogP contribution in [0.1, 0.15) is 0 Å². The largest absolute Gasteiger partial charge is 0.340 e. The van der Waals surface area contributed by atoms with Gasteiger partial charge in [0.25, 0.3) is 5.69 Å². The molecule has 98 valence electrons. The first kappa shape index (κ1) is 13.5. The fourth-order valence-corrected chi connectivity index (χ4v) is 1.69. The van der Waals surface area contributed by atoms with Crippen molar-refractivity contribution in [2.24, 2.45) is 0 Å². The average molecular weight is 302 g/mol. The standard InChI is InChI=1S/C11H6Cl2FN3O2/c12-8-2-1-6(3-9(8)14)15-11-5-7(17(18)19)4-10(13)16-11/h1-5H,(H,15,16). The van der Waals surface area contributed by atoms with E-state index in [1.54, 1.807) is 0 Å². The first-order valence-corrected chi connectivity index (χ1v) is 5.75. The van der Waals surface area contributed by atoms with Gasteiger partial charge in [0.05, 0.1) is 22.1 Å². The highest BCUT2D eigenvalue weighted by atomic mass is 35.5. The van der Waals surface area contributed by atoms with Crippen LogP contribution in [0.5, 0.6) is 0 Å². The molecule has 0 bridgehead atoms. The molecule has 1 aromatic carbocycles. The van der Waals surface area contributed by atoms with Crippen LogP contribution < -0.4 is 5.32 Å². The van der Waals surface area contributed by atoms with Crippen LogP contribution in [0.3, 0.4) is 0 Å². The molecule has 0 aliphatic heterocycles. The smallest absolute Gasteiger partial charge is 0.276 e. The van der Waals surface area contributed by atoms with Crippen molar-refractivity contribution in [3.63, 3.8) is 0 Å². The Morgan fingerprint density at radius 3 is 2.63 bits per heavy atom. The first-order valence-electron chi connectivity index (χ1n) is 5.00. The van der Waals surface area contributed by atoms with Crippen molar-refractivity contribution in [1.82, 2.24) is 4.98 Å². The zero-order valence-electron chi connectivity index (χ0n) is 9.23. The number of aromatic nitrogens is 1. The maximum atomic E-state index is 13.2. The van der Waals surface area contributed by atoms with Crippen LogP contribution in [0, 0.1) is 15.9 Å². The number of halogens is 3. The van der Waals surface area contributed by atoms with Crippen molar-refractivity contribution in [3.05, 3.63) is 56.4 Å². The molecule has 5 nitrogen and oxygen atoms in total. The minimum Gasteiger partial charge on any atom is -0.340 e. The topological polar surface area (TPSA) is 68.1 Å². The van der Waals surface area contributed by atoms with E-state index < -0.39 is 10.7 Å². The summed E-state index contributed by atoms with van der Waals surface area (Å²) in [5.41, 5.74) is 0.142. The number of hydrogen-bond donors (Lipinski definition) is 1. The second-order valence-corrected chi connectivity index (χ2v) is 4.34. The molecule has 0 aliphatic carbocycles. The number of nitro groups is 1. The number of rotatable bonds is 3. The Morgan fingerprint density at radius 2 is 2.00 bits per heavy atom. The molecule has 19 heavy (non-hydrogen) atoms. The molecule has 8 heteroatoms. The van der Waals surface area contributed by atoms with Crippen LogP contribution in [0.4, 0.5) is 21.6 Å². The van der Waals surface area contributed by atoms with Crippen molar-refractivity contribution in [2.75, 3.05) is 5.32 Å². The van der Waals surface area contributed by atoms with Gasteiger partial charge in [-0.25, -0.2) is 9.37 Å². The van der Waals surface area contributed by atoms with Crippen LogP contribution in [0.2, 0.25) is 10.2 Å². The van der Waals surface area contributed by atoms with Crippen molar-refractivity contribution >= 4 is 40.4 Å². The summed E-state index contributed by atoms with van der Waals surface area (Å²) in [4.78, 5) is 13.9. The third-order valence-corrected chi connectivity index (χ3v) is 2.68. The monoisotopic (exact) mass is 301 g/mol. The molecular formula is C11H6Cl2FN3O2. The molecule has 1 heterocycles. The average Bonchev–Trinajstić information content (AvgIpc) is 2.33. The summed E-state index contributed by atoms with van der Waals surface area (Å²) >= 11 is 11.2. The van der Waals surface area contributed by atoms with Gasteiger partial charge in [-0.05, 0) is 18.2 Å².